The van der Waals surface area contributed by atoms with E-state index in [1.807, 2.05) is 7.05 Å². The molecule has 0 saturated heterocycles. The van der Waals surface area contributed by atoms with E-state index in [9.17, 15) is 4.79 Å². The number of likely N-dealkylation sites (N-methyl/N-ethyl adjacent to an activating group) is 1. The zero-order valence-electron chi connectivity index (χ0n) is 7.34. The Labute approximate surface area is 72.2 Å². The molecule has 0 aliphatic carbocycles. The van der Waals surface area contributed by atoms with Crippen molar-refractivity contribution < 1.29 is 14.3 Å². The van der Waals surface area contributed by atoms with Crippen molar-refractivity contribution in [3.05, 3.63) is 0 Å². The number of ether oxygens (including phenoxy) is 2. The lowest BCUT2D eigenvalue weighted by atomic mass is 10.6. The summed E-state index contributed by atoms with van der Waals surface area (Å²) in [4.78, 5) is 10.2. The van der Waals surface area contributed by atoms with Crippen molar-refractivity contribution in [2.45, 2.75) is 0 Å². The van der Waals surface area contributed by atoms with Gasteiger partial charge in [-0.2, -0.15) is 0 Å². The van der Waals surface area contributed by atoms with E-state index in [0.717, 1.165) is 6.54 Å². The first-order valence-electron chi connectivity index (χ1n) is 3.85. The van der Waals surface area contributed by atoms with E-state index in [2.05, 4.69) is 5.32 Å². The summed E-state index contributed by atoms with van der Waals surface area (Å²) in [6.45, 7) is 2.34. The van der Waals surface area contributed by atoms with Gasteiger partial charge in [-0.1, -0.05) is 0 Å². The molecule has 72 valence electrons. The highest BCUT2D eigenvalue weighted by atomic mass is 16.5. The molecule has 0 spiro atoms. The highest BCUT2D eigenvalue weighted by Gasteiger charge is 1.92. The minimum absolute atomic E-state index is 0.0324. The van der Waals surface area contributed by atoms with E-state index in [0.29, 0.717) is 19.8 Å². The number of rotatable bonds is 8. The van der Waals surface area contributed by atoms with Crippen molar-refractivity contribution in [2.24, 2.45) is 5.73 Å². The molecular formula is C7H16N2O3. The van der Waals surface area contributed by atoms with Gasteiger partial charge in [-0.25, -0.2) is 0 Å². The molecule has 0 aliphatic heterocycles. The SMILES string of the molecule is CNCCOCCOCC(N)=O. The fourth-order valence-electron chi connectivity index (χ4n) is 0.567. The van der Waals surface area contributed by atoms with Gasteiger partial charge in [-0.05, 0) is 7.05 Å². The first-order chi connectivity index (χ1) is 5.77. The number of carbonyl (C=O) groups excluding carboxylic acids is 1. The van der Waals surface area contributed by atoms with Crippen LogP contribution in [0, 0.1) is 0 Å². The maximum atomic E-state index is 10.2. The van der Waals surface area contributed by atoms with Crippen LogP contribution in [0.4, 0.5) is 0 Å². The van der Waals surface area contributed by atoms with Crippen LogP contribution in [0.1, 0.15) is 0 Å². The van der Waals surface area contributed by atoms with E-state index in [4.69, 9.17) is 15.2 Å². The largest absolute Gasteiger partial charge is 0.378 e. The Hall–Kier alpha value is -0.650. The van der Waals surface area contributed by atoms with Crippen LogP contribution in [-0.4, -0.2) is 45.9 Å². The molecule has 0 atom stereocenters. The summed E-state index contributed by atoms with van der Waals surface area (Å²) in [5.41, 5.74) is 4.84. The molecule has 0 saturated carbocycles. The Kier molecular flexibility index (Phi) is 7.99. The van der Waals surface area contributed by atoms with Crippen LogP contribution >= 0.6 is 0 Å². The minimum Gasteiger partial charge on any atom is -0.378 e. The van der Waals surface area contributed by atoms with Crippen molar-refractivity contribution in [1.29, 1.82) is 0 Å². The number of nitrogens with two attached hydrogens (primary N) is 1. The fourth-order valence-corrected chi connectivity index (χ4v) is 0.567. The predicted octanol–water partition coefficient (Wildman–Crippen LogP) is -1.28. The maximum absolute atomic E-state index is 10.2. The summed E-state index contributed by atoms with van der Waals surface area (Å²) in [5, 5.41) is 2.94. The molecule has 3 N–H and O–H groups in total. The molecular weight excluding hydrogens is 160 g/mol. The molecule has 0 aliphatic rings. The van der Waals surface area contributed by atoms with Crippen LogP contribution in [-0.2, 0) is 14.3 Å². The lowest BCUT2D eigenvalue weighted by Crippen LogP contribution is -2.20. The van der Waals surface area contributed by atoms with E-state index in [1.54, 1.807) is 0 Å². The molecule has 0 bridgehead atoms. The standard InChI is InChI=1S/C7H16N2O3/c1-9-2-3-11-4-5-12-6-7(8)10/h9H,2-6H2,1H3,(H2,8,10). The first-order valence-corrected chi connectivity index (χ1v) is 3.85. The van der Waals surface area contributed by atoms with Gasteiger partial charge >= 0.3 is 0 Å². The highest BCUT2D eigenvalue weighted by Crippen LogP contribution is 1.77. The predicted molar refractivity (Wildman–Crippen MR) is 44.8 cm³/mol. The van der Waals surface area contributed by atoms with Gasteiger partial charge in [0.05, 0.1) is 19.8 Å². The van der Waals surface area contributed by atoms with Gasteiger partial charge < -0.3 is 20.5 Å². The van der Waals surface area contributed by atoms with E-state index < -0.39 is 5.91 Å². The Morgan fingerprint density at radius 3 is 2.58 bits per heavy atom. The summed E-state index contributed by atoms with van der Waals surface area (Å²) in [6.07, 6.45) is 0. The van der Waals surface area contributed by atoms with Crippen molar-refractivity contribution in [3.63, 3.8) is 0 Å². The monoisotopic (exact) mass is 176 g/mol. The Morgan fingerprint density at radius 1 is 1.33 bits per heavy atom. The van der Waals surface area contributed by atoms with E-state index in [1.165, 1.54) is 0 Å². The minimum atomic E-state index is -0.453. The van der Waals surface area contributed by atoms with Crippen LogP contribution in [0.3, 0.4) is 0 Å². The van der Waals surface area contributed by atoms with Gasteiger partial charge in [0, 0.05) is 6.54 Å². The molecule has 0 unspecified atom stereocenters. The number of hydrogen-bond acceptors (Lipinski definition) is 4. The molecule has 1 amide bonds. The number of primary amides is 1. The molecule has 5 heteroatoms. The summed E-state index contributed by atoms with van der Waals surface area (Å²) in [5.74, 6) is -0.453. The second-order valence-electron chi connectivity index (χ2n) is 2.23. The normalized spacial score (nSPS) is 10.1. The molecule has 0 rings (SSSR count). The highest BCUT2D eigenvalue weighted by molar-refractivity contribution is 5.74. The van der Waals surface area contributed by atoms with Crippen molar-refractivity contribution in [1.82, 2.24) is 5.32 Å². The third kappa shape index (κ3) is 9.35. The third-order valence-corrected chi connectivity index (χ3v) is 1.11. The van der Waals surface area contributed by atoms with Crippen molar-refractivity contribution in [2.75, 3.05) is 40.0 Å². The molecule has 0 radical (unpaired) electrons. The quantitative estimate of drug-likeness (QED) is 0.452. The average Bonchev–Trinajstić information content (AvgIpc) is 2.02. The van der Waals surface area contributed by atoms with Crippen molar-refractivity contribution in [3.8, 4) is 0 Å². The molecule has 5 nitrogen and oxygen atoms in total. The first kappa shape index (κ1) is 11.4. The summed E-state index contributed by atoms with van der Waals surface area (Å²) < 4.78 is 9.97. The van der Waals surface area contributed by atoms with Gasteiger partial charge in [-0.3, -0.25) is 4.79 Å². The lowest BCUT2D eigenvalue weighted by Gasteiger charge is -2.03. The number of amides is 1. The lowest BCUT2D eigenvalue weighted by molar-refractivity contribution is -0.123. The van der Waals surface area contributed by atoms with E-state index >= 15 is 0 Å². The maximum Gasteiger partial charge on any atom is 0.243 e. The van der Waals surface area contributed by atoms with Gasteiger partial charge in [0.2, 0.25) is 5.91 Å². The van der Waals surface area contributed by atoms with Gasteiger partial charge in [-0.15, -0.1) is 0 Å². The summed E-state index contributed by atoms with van der Waals surface area (Å²) in [7, 11) is 1.85. The Bertz CT molecular complexity index is 119. The zero-order valence-corrected chi connectivity index (χ0v) is 7.34. The summed E-state index contributed by atoms with van der Waals surface area (Å²) >= 11 is 0. The molecule has 0 aromatic carbocycles. The number of carbonyl (C=O) groups is 1. The van der Waals surface area contributed by atoms with Gasteiger partial charge in [0.1, 0.15) is 6.61 Å². The second kappa shape index (κ2) is 8.45. The topological polar surface area (TPSA) is 73.6 Å². The van der Waals surface area contributed by atoms with E-state index in [-0.39, 0.29) is 6.61 Å². The number of hydrogen-bond donors (Lipinski definition) is 2. The number of nitrogens with one attached hydrogen (secondary N) is 1. The average molecular weight is 176 g/mol. The second-order valence-corrected chi connectivity index (χ2v) is 2.23. The Morgan fingerprint density at radius 2 is 2.00 bits per heavy atom. The van der Waals surface area contributed by atoms with Crippen LogP contribution in [0.25, 0.3) is 0 Å². The molecule has 0 aromatic heterocycles. The molecule has 0 aromatic rings. The van der Waals surface area contributed by atoms with Gasteiger partial charge in [0.25, 0.3) is 0 Å². The zero-order chi connectivity index (χ0) is 9.23. The third-order valence-electron chi connectivity index (χ3n) is 1.11. The molecule has 0 heterocycles. The fraction of sp³-hybridized carbons (Fsp3) is 0.857. The Balaban J connectivity index is 2.86. The summed E-state index contributed by atoms with van der Waals surface area (Å²) in [6, 6.07) is 0. The van der Waals surface area contributed by atoms with Crippen LogP contribution < -0.4 is 11.1 Å². The molecule has 0 fully saturated rings. The van der Waals surface area contributed by atoms with Crippen molar-refractivity contribution >= 4 is 5.91 Å². The van der Waals surface area contributed by atoms with Crippen LogP contribution in [0.5, 0.6) is 0 Å². The van der Waals surface area contributed by atoms with Crippen LogP contribution in [0.15, 0.2) is 0 Å². The smallest absolute Gasteiger partial charge is 0.243 e. The van der Waals surface area contributed by atoms with Gasteiger partial charge in [0.15, 0.2) is 0 Å². The van der Waals surface area contributed by atoms with Crippen LogP contribution in [0.2, 0.25) is 0 Å². The molecule has 12 heavy (non-hydrogen) atoms.